The standard InChI is InChI=1S/C37H38N2O5/c1-36(2,27-15-7-4-8-16-27)44-34(40)33(21-26-13-5-3-6-14-26)39-37(24-42-25-37)23-38-35(41)43-22-32-30-19-11-9-17-28(30)29-18-10-12-20-31(29)32/h3-20,32-33,39H,21-25H2,1-2H3,(H,38,41)/t33-/m0/s1. The first-order chi connectivity index (χ1) is 21.3. The van der Waals surface area contributed by atoms with Crippen LogP contribution in [0.25, 0.3) is 11.1 Å². The minimum absolute atomic E-state index is 0.0229. The third-order valence-electron chi connectivity index (χ3n) is 8.54. The number of alkyl carbamates (subject to hydrolysis) is 1. The first kappa shape index (κ1) is 29.6. The second-order valence-electron chi connectivity index (χ2n) is 12.1. The lowest BCUT2D eigenvalue weighted by Crippen LogP contribution is -2.69. The predicted octanol–water partition coefficient (Wildman–Crippen LogP) is 5.97. The van der Waals surface area contributed by atoms with E-state index < -0.39 is 23.3 Å². The van der Waals surface area contributed by atoms with Crippen LogP contribution in [0.15, 0.2) is 109 Å². The van der Waals surface area contributed by atoms with Gasteiger partial charge < -0.3 is 19.5 Å². The van der Waals surface area contributed by atoms with Gasteiger partial charge in [0.1, 0.15) is 18.2 Å². The Labute approximate surface area is 258 Å². The number of rotatable bonds is 11. The summed E-state index contributed by atoms with van der Waals surface area (Å²) in [5.74, 6) is -0.389. The summed E-state index contributed by atoms with van der Waals surface area (Å²) >= 11 is 0. The molecule has 226 valence electrons. The molecule has 44 heavy (non-hydrogen) atoms. The van der Waals surface area contributed by atoms with Gasteiger partial charge in [0, 0.05) is 12.5 Å². The lowest BCUT2D eigenvalue weighted by atomic mass is 9.93. The zero-order valence-electron chi connectivity index (χ0n) is 25.1. The van der Waals surface area contributed by atoms with Gasteiger partial charge in [-0.2, -0.15) is 0 Å². The molecule has 6 rings (SSSR count). The molecule has 0 radical (unpaired) electrons. The fourth-order valence-corrected chi connectivity index (χ4v) is 6.11. The quantitative estimate of drug-likeness (QED) is 0.209. The van der Waals surface area contributed by atoms with Crippen molar-refractivity contribution in [3.8, 4) is 11.1 Å². The van der Waals surface area contributed by atoms with Gasteiger partial charge in [0.25, 0.3) is 0 Å². The molecule has 1 aliphatic heterocycles. The van der Waals surface area contributed by atoms with Gasteiger partial charge in [-0.05, 0) is 53.6 Å². The van der Waals surface area contributed by atoms with Gasteiger partial charge in [-0.3, -0.25) is 10.1 Å². The summed E-state index contributed by atoms with van der Waals surface area (Å²) in [6, 6.07) is 35.4. The van der Waals surface area contributed by atoms with Crippen molar-refractivity contribution < 1.29 is 23.8 Å². The zero-order chi connectivity index (χ0) is 30.6. The molecule has 0 spiro atoms. The smallest absolute Gasteiger partial charge is 0.407 e. The first-order valence-electron chi connectivity index (χ1n) is 15.1. The summed E-state index contributed by atoms with van der Waals surface area (Å²) < 4.78 is 17.4. The van der Waals surface area contributed by atoms with Crippen LogP contribution in [0.2, 0.25) is 0 Å². The van der Waals surface area contributed by atoms with Crippen LogP contribution >= 0.6 is 0 Å². The fraction of sp³-hybridized carbons (Fsp3) is 0.297. The molecule has 2 N–H and O–H groups in total. The molecule has 0 unspecified atom stereocenters. The SMILES string of the molecule is CC(C)(OC(=O)[C@H](Cc1ccccc1)NC1(CNC(=O)OCC2c3ccccc3-c3ccccc32)COC1)c1ccccc1. The van der Waals surface area contributed by atoms with Crippen molar-refractivity contribution in [2.24, 2.45) is 0 Å². The number of fused-ring (bicyclic) bond motifs is 3. The van der Waals surface area contributed by atoms with Gasteiger partial charge in [0.2, 0.25) is 0 Å². The van der Waals surface area contributed by atoms with E-state index in [0.717, 1.165) is 22.3 Å². The number of nitrogens with one attached hydrogen (secondary N) is 2. The second-order valence-corrected chi connectivity index (χ2v) is 12.1. The molecule has 1 amide bonds. The highest BCUT2D eigenvalue weighted by molar-refractivity contribution is 5.79. The lowest BCUT2D eigenvalue weighted by molar-refractivity contribution is -0.163. The van der Waals surface area contributed by atoms with Crippen LogP contribution in [0.4, 0.5) is 4.79 Å². The molecule has 7 nitrogen and oxygen atoms in total. The van der Waals surface area contributed by atoms with Crippen molar-refractivity contribution in [1.82, 2.24) is 10.6 Å². The van der Waals surface area contributed by atoms with Crippen molar-refractivity contribution in [3.63, 3.8) is 0 Å². The first-order valence-corrected chi connectivity index (χ1v) is 15.1. The Morgan fingerprint density at radius 1 is 0.841 bits per heavy atom. The van der Waals surface area contributed by atoms with E-state index >= 15 is 0 Å². The summed E-state index contributed by atoms with van der Waals surface area (Å²) in [5.41, 5.74) is 5.13. The highest BCUT2D eigenvalue weighted by Crippen LogP contribution is 2.44. The largest absolute Gasteiger partial charge is 0.454 e. The Morgan fingerprint density at radius 3 is 2.00 bits per heavy atom. The summed E-state index contributed by atoms with van der Waals surface area (Å²) in [7, 11) is 0. The summed E-state index contributed by atoms with van der Waals surface area (Å²) in [5, 5.41) is 6.42. The Bertz CT molecular complexity index is 1560. The summed E-state index contributed by atoms with van der Waals surface area (Å²) in [6.45, 7) is 4.94. The monoisotopic (exact) mass is 590 g/mol. The van der Waals surface area contributed by atoms with E-state index in [-0.39, 0.29) is 25.0 Å². The third kappa shape index (κ3) is 6.39. The molecule has 1 heterocycles. The van der Waals surface area contributed by atoms with E-state index in [1.165, 1.54) is 11.1 Å². The van der Waals surface area contributed by atoms with E-state index in [9.17, 15) is 9.59 Å². The van der Waals surface area contributed by atoms with Gasteiger partial charge in [-0.25, -0.2) is 4.79 Å². The maximum atomic E-state index is 13.7. The topological polar surface area (TPSA) is 85.9 Å². The summed E-state index contributed by atoms with van der Waals surface area (Å²) in [4.78, 5) is 26.7. The van der Waals surface area contributed by atoms with Gasteiger partial charge in [-0.1, -0.05) is 109 Å². The molecule has 7 heteroatoms. The number of amides is 1. The Hall–Kier alpha value is -4.46. The number of carbonyl (C=O) groups is 2. The zero-order valence-corrected chi connectivity index (χ0v) is 25.1. The molecule has 0 aromatic heterocycles. The van der Waals surface area contributed by atoms with Crippen LogP contribution in [0.3, 0.4) is 0 Å². The molecule has 0 bridgehead atoms. The molecule has 4 aromatic carbocycles. The van der Waals surface area contributed by atoms with Gasteiger partial charge in [-0.15, -0.1) is 0 Å². The van der Waals surface area contributed by atoms with Crippen molar-refractivity contribution in [2.75, 3.05) is 26.4 Å². The minimum atomic E-state index is -0.822. The average molecular weight is 591 g/mol. The lowest BCUT2D eigenvalue weighted by Gasteiger charge is -2.44. The number of hydrogen-bond donors (Lipinski definition) is 2. The predicted molar refractivity (Wildman–Crippen MR) is 169 cm³/mol. The summed E-state index contributed by atoms with van der Waals surface area (Å²) in [6.07, 6.45) is -0.0793. The van der Waals surface area contributed by atoms with Crippen molar-refractivity contribution in [1.29, 1.82) is 0 Å². The van der Waals surface area contributed by atoms with Crippen molar-refractivity contribution in [2.45, 2.75) is 43.4 Å². The second kappa shape index (κ2) is 12.6. The van der Waals surface area contributed by atoms with E-state index in [1.807, 2.05) is 98.8 Å². The Balaban J connectivity index is 1.11. The highest BCUT2D eigenvalue weighted by Gasteiger charge is 2.43. The van der Waals surface area contributed by atoms with Gasteiger partial charge in [0.05, 0.1) is 18.8 Å². The van der Waals surface area contributed by atoms with E-state index in [0.29, 0.717) is 19.6 Å². The number of ether oxygens (including phenoxy) is 3. The van der Waals surface area contributed by atoms with Crippen LogP contribution in [-0.2, 0) is 31.0 Å². The van der Waals surface area contributed by atoms with E-state index in [2.05, 4.69) is 34.9 Å². The number of carbonyl (C=O) groups excluding carboxylic acids is 2. The van der Waals surface area contributed by atoms with Gasteiger partial charge in [0.15, 0.2) is 0 Å². The number of esters is 1. The fourth-order valence-electron chi connectivity index (χ4n) is 6.11. The molecule has 0 saturated carbocycles. The van der Waals surface area contributed by atoms with Crippen LogP contribution in [0.1, 0.15) is 42.0 Å². The maximum absolute atomic E-state index is 13.7. The van der Waals surface area contributed by atoms with Crippen LogP contribution in [0, 0.1) is 0 Å². The van der Waals surface area contributed by atoms with Crippen LogP contribution in [-0.4, -0.2) is 50.0 Å². The van der Waals surface area contributed by atoms with Gasteiger partial charge >= 0.3 is 12.1 Å². The molecule has 1 fully saturated rings. The van der Waals surface area contributed by atoms with Crippen LogP contribution < -0.4 is 10.6 Å². The molecule has 1 atom stereocenters. The number of benzene rings is 4. The Morgan fingerprint density at radius 2 is 1.41 bits per heavy atom. The van der Waals surface area contributed by atoms with E-state index in [1.54, 1.807) is 0 Å². The van der Waals surface area contributed by atoms with Crippen molar-refractivity contribution in [3.05, 3.63) is 131 Å². The van der Waals surface area contributed by atoms with E-state index in [4.69, 9.17) is 14.2 Å². The number of hydrogen-bond acceptors (Lipinski definition) is 6. The normalized spacial score (nSPS) is 15.8. The molecular weight excluding hydrogens is 552 g/mol. The highest BCUT2D eigenvalue weighted by atomic mass is 16.6. The third-order valence-corrected chi connectivity index (χ3v) is 8.54. The Kier molecular flexibility index (Phi) is 8.51. The van der Waals surface area contributed by atoms with Crippen molar-refractivity contribution >= 4 is 12.1 Å². The molecule has 1 aliphatic carbocycles. The minimum Gasteiger partial charge on any atom is -0.454 e. The molecule has 1 saturated heterocycles. The maximum Gasteiger partial charge on any atom is 0.407 e. The van der Waals surface area contributed by atoms with Crippen LogP contribution in [0.5, 0.6) is 0 Å². The molecular formula is C37H38N2O5. The average Bonchev–Trinajstić information content (AvgIpc) is 3.35. The molecule has 2 aliphatic rings. The molecule has 4 aromatic rings.